The number of ether oxygens (including phenoxy) is 1. The number of amides is 1. The van der Waals surface area contributed by atoms with Crippen LogP contribution in [-0.4, -0.2) is 47.8 Å². The van der Waals surface area contributed by atoms with Crippen LogP contribution >= 0.6 is 0 Å². The second kappa shape index (κ2) is 10.3. The fraction of sp³-hybridized carbons (Fsp3) is 0.318. The van der Waals surface area contributed by atoms with Gasteiger partial charge in [0.2, 0.25) is 5.91 Å². The molecule has 8 nitrogen and oxygen atoms in total. The first-order chi connectivity index (χ1) is 14.2. The van der Waals surface area contributed by atoms with E-state index in [1.165, 1.54) is 12.1 Å². The van der Waals surface area contributed by atoms with Gasteiger partial charge in [-0.25, -0.2) is 9.59 Å². The minimum absolute atomic E-state index is 0.0225. The van der Waals surface area contributed by atoms with Crippen LogP contribution in [-0.2, 0) is 4.79 Å². The number of hydrogen-bond acceptors (Lipinski definition) is 5. The first kappa shape index (κ1) is 22.7. The fourth-order valence-corrected chi connectivity index (χ4v) is 2.93. The highest BCUT2D eigenvalue weighted by Gasteiger charge is 2.13. The third kappa shape index (κ3) is 5.97. The number of hydrogen-bond donors (Lipinski definition) is 3. The molecule has 0 unspecified atom stereocenters. The van der Waals surface area contributed by atoms with Crippen LogP contribution in [0.25, 0.3) is 0 Å². The van der Waals surface area contributed by atoms with Crippen LogP contribution in [0, 0.1) is 6.92 Å². The quantitative estimate of drug-likeness (QED) is 0.543. The lowest BCUT2D eigenvalue weighted by Gasteiger charge is -2.22. The Morgan fingerprint density at radius 1 is 0.967 bits per heavy atom. The molecule has 2 rings (SSSR count). The molecule has 2 aromatic rings. The summed E-state index contributed by atoms with van der Waals surface area (Å²) < 4.78 is 5.43. The minimum Gasteiger partial charge on any atom is -0.493 e. The maximum atomic E-state index is 12.3. The minimum atomic E-state index is -1.26. The summed E-state index contributed by atoms with van der Waals surface area (Å²) in [4.78, 5) is 36.8. The van der Waals surface area contributed by atoms with E-state index in [2.05, 4.69) is 24.1 Å². The average Bonchev–Trinajstić information content (AvgIpc) is 2.71. The largest absolute Gasteiger partial charge is 0.493 e. The van der Waals surface area contributed by atoms with Gasteiger partial charge in [-0.1, -0.05) is 6.07 Å². The summed E-state index contributed by atoms with van der Waals surface area (Å²) in [6, 6.07) is 9.39. The summed E-state index contributed by atoms with van der Waals surface area (Å²) >= 11 is 0. The van der Waals surface area contributed by atoms with Gasteiger partial charge in [0.15, 0.2) is 0 Å². The molecule has 0 bridgehead atoms. The molecular formula is C22H26N2O6. The Kier molecular flexibility index (Phi) is 7.80. The Balaban J connectivity index is 2.01. The van der Waals surface area contributed by atoms with E-state index in [0.29, 0.717) is 5.69 Å². The molecule has 1 amide bonds. The number of anilines is 2. The first-order valence-electron chi connectivity index (χ1n) is 9.65. The number of benzene rings is 2. The summed E-state index contributed by atoms with van der Waals surface area (Å²) in [5.74, 6) is -2.70. The molecule has 0 saturated carbocycles. The molecule has 2 aromatic carbocycles. The molecule has 30 heavy (non-hydrogen) atoms. The summed E-state index contributed by atoms with van der Waals surface area (Å²) in [5.41, 5.74) is 2.27. The van der Waals surface area contributed by atoms with Crippen molar-refractivity contribution in [2.45, 2.75) is 27.2 Å². The Hall–Kier alpha value is -3.55. The van der Waals surface area contributed by atoms with E-state index >= 15 is 0 Å². The Bertz CT molecular complexity index is 905. The second-order valence-electron chi connectivity index (χ2n) is 6.67. The molecule has 0 fully saturated rings. The van der Waals surface area contributed by atoms with E-state index < -0.39 is 11.9 Å². The number of carbonyl (C=O) groups excluding carboxylic acids is 1. The molecule has 0 heterocycles. The van der Waals surface area contributed by atoms with Gasteiger partial charge in [0.05, 0.1) is 24.2 Å². The monoisotopic (exact) mass is 414 g/mol. The van der Waals surface area contributed by atoms with Crippen molar-refractivity contribution in [2.75, 3.05) is 29.9 Å². The van der Waals surface area contributed by atoms with E-state index in [9.17, 15) is 14.4 Å². The lowest BCUT2D eigenvalue weighted by Crippen LogP contribution is -2.22. The van der Waals surface area contributed by atoms with Gasteiger partial charge in [0, 0.05) is 24.5 Å². The van der Waals surface area contributed by atoms with E-state index in [4.69, 9.17) is 14.9 Å². The summed E-state index contributed by atoms with van der Waals surface area (Å²) in [6.45, 7) is 7.72. The Morgan fingerprint density at radius 3 is 2.10 bits per heavy atom. The zero-order valence-corrected chi connectivity index (χ0v) is 17.3. The number of carbonyl (C=O) groups is 3. The number of carboxylic acids is 2. The highest BCUT2D eigenvalue weighted by atomic mass is 16.5. The van der Waals surface area contributed by atoms with Crippen LogP contribution in [0.4, 0.5) is 11.4 Å². The van der Waals surface area contributed by atoms with E-state index in [0.717, 1.165) is 30.4 Å². The number of nitrogens with zero attached hydrogens (tertiary/aromatic N) is 1. The van der Waals surface area contributed by atoms with Gasteiger partial charge in [-0.3, -0.25) is 4.79 Å². The van der Waals surface area contributed by atoms with Crippen molar-refractivity contribution in [3.05, 3.63) is 53.1 Å². The van der Waals surface area contributed by atoms with Gasteiger partial charge < -0.3 is 25.2 Å². The van der Waals surface area contributed by atoms with Crippen molar-refractivity contribution >= 4 is 29.2 Å². The number of nitrogens with one attached hydrogen (secondary N) is 1. The number of rotatable bonds is 10. The smallest absolute Gasteiger partial charge is 0.335 e. The van der Waals surface area contributed by atoms with Crippen LogP contribution in [0.3, 0.4) is 0 Å². The molecule has 0 aliphatic carbocycles. The summed E-state index contributed by atoms with van der Waals surface area (Å²) in [7, 11) is 0. The van der Waals surface area contributed by atoms with Crippen molar-refractivity contribution in [3.63, 3.8) is 0 Å². The number of aryl methyl sites for hydroxylation is 1. The zero-order chi connectivity index (χ0) is 22.3. The van der Waals surface area contributed by atoms with Crippen LogP contribution in [0.2, 0.25) is 0 Å². The third-order valence-electron chi connectivity index (χ3n) is 4.62. The van der Waals surface area contributed by atoms with Gasteiger partial charge in [0.25, 0.3) is 0 Å². The summed E-state index contributed by atoms with van der Waals surface area (Å²) in [6.07, 6.45) is 0.0225. The van der Waals surface area contributed by atoms with E-state index in [1.54, 1.807) is 0 Å². The van der Waals surface area contributed by atoms with Crippen molar-refractivity contribution in [1.82, 2.24) is 0 Å². The van der Waals surface area contributed by atoms with Crippen molar-refractivity contribution in [1.29, 1.82) is 0 Å². The van der Waals surface area contributed by atoms with Gasteiger partial charge in [-0.15, -0.1) is 0 Å². The van der Waals surface area contributed by atoms with Crippen LogP contribution in [0.1, 0.15) is 46.5 Å². The molecule has 0 atom stereocenters. The average molecular weight is 414 g/mol. The molecule has 8 heteroatoms. The molecule has 0 saturated heterocycles. The normalized spacial score (nSPS) is 10.4. The molecule has 0 radical (unpaired) electrons. The van der Waals surface area contributed by atoms with Crippen molar-refractivity contribution in [3.8, 4) is 5.75 Å². The van der Waals surface area contributed by atoms with Gasteiger partial charge in [-0.05, 0) is 56.7 Å². The Morgan fingerprint density at radius 2 is 1.57 bits per heavy atom. The predicted octanol–water partition coefficient (Wildman–Crippen LogP) is 3.65. The fourth-order valence-electron chi connectivity index (χ4n) is 2.93. The molecule has 3 N–H and O–H groups in total. The van der Waals surface area contributed by atoms with E-state index in [-0.39, 0.29) is 35.8 Å². The van der Waals surface area contributed by atoms with Crippen LogP contribution < -0.4 is 15.0 Å². The predicted molar refractivity (Wildman–Crippen MR) is 114 cm³/mol. The molecule has 160 valence electrons. The Labute approximate surface area is 175 Å². The van der Waals surface area contributed by atoms with Crippen LogP contribution in [0.15, 0.2) is 36.4 Å². The van der Waals surface area contributed by atoms with Crippen molar-refractivity contribution < 1.29 is 29.3 Å². The molecular weight excluding hydrogens is 388 g/mol. The summed E-state index contributed by atoms with van der Waals surface area (Å²) in [5, 5.41) is 21.1. The molecule has 0 aliphatic rings. The highest BCUT2D eigenvalue weighted by Crippen LogP contribution is 2.24. The topological polar surface area (TPSA) is 116 Å². The maximum absolute atomic E-state index is 12.3. The SMILES string of the molecule is CCN(CC)c1ccc(C)c(NC(=O)CCOc2cc(C(=O)O)cc(C(=O)O)c2)c1. The highest BCUT2D eigenvalue weighted by molar-refractivity contribution is 5.94. The number of aromatic carboxylic acids is 2. The zero-order valence-electron chi connectivity index (χ0n) is 17.3. The van der Waals surface area contributed by atoms with Crippen LogP contribution in [0.5, 0.6) is 5.75 Å². The third-order valence-corrected chi connectivity index (χ3v) is 4.62. The van der Waals surface area contributed by atoms with Gasteiger partial charge >= 0.3 is 11.9 Å². The number of carboxylic acid groups (broad SMARTS) is 2. The lowest BCUT2D eigenvalue weighted by molar-refractivity contribution is -0.116. The maximum Gasteiger partial charge on any atom is 0.335 e. The molecule has 0 aliphatic heterocycles. The molecule has 0 aromatic heterocycles. The van der Waals surface area contributed by atoms with Gasteiger partial charge in [-0.2, -0.15) is 0 Å². The molecule has 0 spiro atoms. The lowest BCUT2D eigenvalue weighted by atomic mass is 10.1. The standard InChI is InChI=1S/C22H26N2O6/c1-4-24(5-2)17-7-6-14(3)19(13-17)23-20(25)8-9-30-18-11-15(21(26)27)10-16(12-18)22(28)29/h6-7,10-13H,4-5,8-9H2,1-3H3,(H,23,25)(H,26,27)(H,28,29). The first-order valence-corrected chi connectivity index (χ1v) is 9.65. The second-order valence-corrected chi connectivity index (χ2v) is 6.67. The van der Waals surface area contributed by atoms with Gasteiger partial charge in [0.1, 0.15) is 5.75 Å². The van der Waals surface area contributed by atoms with Crippen molar-refractivity contribution in [2.24, 2.45) is 0 Å². The van der Waals surface area contributed by atoms with E-state index in [1.807, 2.05) is 25.1 Å².